The molecule has 0 aromatic heterocycles. The van der Waals surface area contributed by atoms with Crippen molar-refractivity contribution in [2.45, 2.75) is 6.18 Å². The zero-order valence-electron chi connectivity index (χ0n) is 11.0. The quantitative estimate of drug-likeness (QED) is 0.905. The van der Waals surface area contributed by atoms with Gasteiger partial charge in [0, 0.05) is 11.8 Å². The zero-order valence-corrected chi connectivity index (χ0v) is 11.0. The van der Waals surface area contributed by atoms with E-state index in [-0.39, 0.29) is 25.7 Å². The summed E-state index contributed by atoms with van der Waals surface area (Å²) in [6, 6.07) is 4.45. The number of rotatable bonds is 2. The molecule has 1 amide bonds. The number of alkyl halides is 3. The zero-order chi connectivity index (χ0) is 15.7. The molecule has 22 heavy (non-hydrogen) atoms. The van der Waals surface area contributed by atoms with Crippen LogP contribution in [0.4, 0.5) is 18.9 Å². The molecular weight excluding hydrogens is 307 g/mol. The molecule has 2 aliphatic heterocycles. The van der Waals surface area contributed by atoms with Crippen molar-refractivity contribution in [1.82, 2.24) is 0 Å². The van der Waals surface area contributed by atoms with Gasteiger partial charge in [0.05, 0.1) is 0 Å². The highest BCUT2D eigenvalue weighted by atomic mass is 19.4. The van der Waals surface area contributed by atoms with Crippen molar-refractivity contribution in [3.05, 3.63) is 29.7 Å². The summed E-state index contributed by atoms with van der Waals surface area (Å²) in [4.78, 5) is 12.0. The highest BCUT2D eigenvalue weighted by Gasteiger charge is 2.43. The van der Waals surface area contributed by atoms with Crippen molar-refractivity contribution >= 4 is 11.6 Å². The number of benzene rings is 1. The summed E-state index contributed by atoms with van der Waals surface area (Å²) in [7, 11) is 0. The monoisotopic (exact) mass is 317 g/mol. The Balaban J connectivity index is 1.82. The van der Waals surface area contributed by atoms with Crippen LogP contribution in [0, 0.1) is 0 Å². The number of hydrogen-bond acceptors (Lipinski definition) is 5. The van der Waals surface area contributed by atoms with Gasteiger partial charge in [-0.2, -0.15) is 13.2 Å². The minimum atomic E-state index is -4.80. The van der Waals surface area contributed by atoms with Gasteiger partial charge in [-0.1, -0.05) is 0 Å². The molecule has 2 heterocycles. The molecule has 1 aromatic rings. The molecule has 0 bridgehead atoms. The van der Waals surface area contributed by atoms with Gasteiger partial charge in [0.15, 0.2) is 11.5 Å². The van der Waals surface area contributed by atoms with Crippen molar-refractivity contribution in [2.24, 2.45) is 0 Å². The maximum Gasteiger partial charge on any atom is 0.453 e. The van der Waals surface area contributed by atoms with Crippen molar-refractivity contribution in [2.75, 3.05) is 25.3 Å². The van der Waals surface area contributed by atoms with E-state index in [0.717, 1.165) is 0 Å². The molecular formula is C13H10F3NO5. The molecule has 0 saturated carbocycles. The Bertz CT molecular complexity index is 641. The lowest BCUT2D eigenvalue weighted by molar-refractivity contribution is -0.151. The van der Waals surface area contributed by atoms with Gasteiger partial charge in [0.25, 0.3) is 5.91 Å². The maximum absolute atomic E-state index is 12.8. The van der Waals surface area contributed by atoms with Gasteiger partial charge in [-0.15, -0.1) is 0 Å². The molecule has 0 unspecified atom stereocenters. The number of amides is 1. The molecule has 0 spiro atoms. The fourth-order valence-electron chi connectivity index (χ4n) is 1.96. The molecule has 0 aliphatic carbocycles. The van der Waals surface area contributed by atoms with E-state index in [1.54, 1.807) is 0 Å². The number of carbonyl (C=O) groups excluding carboxylic acids is 1. The van der Waals surface area contributed by atoms with Crippen LogP contribution in [-0.2, 0) is 14.3 Å². The predicted octanol–water partition coefficient (Wildman–Crippen LogP) is 2.17. The lowest BCUT2D eigenvalue weighted by atomic mass is 10.2. The fraction of sp³-hybridized carbons (Fsp3) is 0.308. The second kappa shape index (κ2) is 5.32. The minimum absolute atomic E-state index is 0.0487. The van der Waals surface area contributed by atoms with Crippen LogP contribution in [0.1, 0.15) is 0 Å². The third kappa shape index (κ3) is 2.74. The van der Waals surface area contributed by atoms with Crippen molar-refractivity contribution < 1.29 is 36.9 Å². The van der Waals surface area contributed by atoms with Crippen LogP contribution in [-0.4, -0.2) is 32.1 Å². The third-order valence-electron chi connectivity index (χ3n) is 2.88. The fourth-order valence-corrected chi connectivity index (χ4v) is 1.96. The number of hydrogen-bond donors (Lipinski definition) is 1. The minimum Gasteiger partial charge on any atom is -0.483 e. The Morgan fingerprint density at radius 3 is 2.55 bits per heavy atom. The second-order valence-corrected chi connectivity index (χ2v) is 4.38. The first-order valence-corrected chi connectivity index (χ1v) is 6.23. The average Bonchev–Trinajstić information content (AvgIpc) is 2.94. The van der Waals surface area contributed by atoms with Gasteiger partial charge in [-0.3, -0.25) is 4.79 Å². The van der Waals surface area contributed by atoms with Gasteiger partial charge >= 0.3 is 6.18 Å². The molecule has 0 fully saturated rings. The number of halogens is 3. The van der Waals surface area contributed by atoms with Crippen molar-refractivity contribution in [3.63, 3.8) is 0 Å². The normalized spacial score (nSPS) is 16.9. The lowest BCUT2D eigenvalue weighted by Gasteiger charge is -2.22. The van der Waals surface area contributed by atoms with Gasteiger partial charge < -0.3 is 24.3 Å². The van der Waals surface area contributed by atoms with Crippen LogP contribution < -0.4 is 14.8 Å². The summed E-state index contributed by atoms with van der Waals surface area (Å²) in [6.45, 7) is -0.355. The van der Waals surface area contributed by atoms with E-state index in [9.17, 15) is 18.0 Å². The molecule has 0 atom stereocenters. The second-order valence-electron chi connectivity index (χ2n) is 4.38. The number of anilines is 1. The summed E-state index contributed by atoms with van der Waals surface area (Å²) in [6.07, 6.45) is -4.80. The smallest absolute Gasteiger partial charge is 0.453 e. The van der Waals surface area contributed by atoms with E-state index >= 15 is 0 Å². The van der Waals surface area contributed by atoms with Crippen LogP contribution in [0.15, 0.2) is 29.7 Å². The van der Waals surface area contributed by atoms with E-state index < -0.39 is 23.6 Å². The first kappa shape index (κ1) is 14.4. The summed E-state index contributed by atoms with van der Waals surface area (Å²) in [5, 5.41) is 2.31. The topological polar surface area (TPSA) is 66.0 Å². The molecule has 118 valence electrons. The molecule has 1 aromatic carbocycles. The Morgan fingerprint density at radius 1 is 1.05 bits per heavy atom. The molecule has 6 nitrogen and oxygen atoms in total. The van der Waals surface area contributed by atoms with Crippen LogP contribution in [0.3, 0.4) is 0 Å². The number of nitrogens with one attached hydrogen (secondary N) is 1. The SMILES string of the molecule is O=C(Nc1ccc2c(c1)OCO2)C1=C(C(F)(F)F)OCCO1. The van der Waals surface area contributed by atoms with Crippen molar-refractivity contribution in [3.8, 4) is 11.5 Å². The number of carbonyl (C=O) groups is 1. The number of fused-ring (bicyclic) bond motifs is 1. The maximum atomic E-state index is 12.8. The lowest BCUT2D eigenvalue weighted by Crippen LogP contribution is -2.30. The average molecular weight is 317 g/mol. The van der Waals surface area contributed by atoms with E-state index in [1.165, 1.54) is 18.2 Å². The van der Waals surface area contributed by atoms with Gasteiger partial charge in [0.2, 0.25) is 18.3 Å². The Labute approximate surface area is 122 Å². The highest BCUT2D eigenvalue weighted by molar-refractivity contribution is 6.03. The molecule has 0 saturated heterocycles. The Morgan fingerprint density at radius 2 is 1.77 bits per heavy atom. The summed E-state index contributed by atoms with van der Waals surface area (Å²) < 4.78 is 57.9. The molecule has 9 heteroatoms. The summed E-state index contributed by atoms with van der Waals surface area (Å²) >= 11 is 0. The standard InChI is InChI=1S/C13H10F3NO5/c14-13(15,16)11-10(19-3-4-20-11)12(18)17-7-1-2-8-9(5-7)22-6-21-8/h1-2,5H,3-4,6H2,(H,17,18). The Kier molecular flexibility index (Phi) is 3.47. The molecule has 3 rings (SSSR count). The van der Waals surface area contributed by atoms with E-state index in [2.05, 4.69) is 10.1 Å². The van der Waals surface area contributed by atoms with Crippen LogP contribution in [0.25, 0.3) is 0 Å². The molecule has 2 aliphatic rings. The molecule has 0 radical (unpaired) electrons. The van der Waals surface area contributed by atoms with Crippen LogP contribution in [0.2, 0.25) is 0 Å². The Hall–Kier alpha value is -2.58. The van der Waals surface area contributed by atoms with E-state index in [4.69, 9.17) is 14.2 Å². The largest absolute Gasteiger partial charge is 0.483 e. The molecule has 1 N–H and O–H groups in total. The van der Waals surface area contributed by atoms with Gasteiger partial charge in [-0.05, 0) is 12.1 Å². The number of ether oxygens (including phenoxy) is 4. The van der Waals surface area contributed by atoms with Crippen LogP contribution >= 0.6 is 0 Å². The van der Waals surface area contributed by atoms with Gasteiger partial charge in [0.1, 0.15) is 13.2 Å². The number of allylic oxidation sites excluding steroid dienone is 1. The van der Waals surface area contributed by atoms with Crippen molar-refractivity contribution in [1.29, 1.82) is 0 Å². The first-order valence-electron chi connectivity index (χ1n) is 6.23. The van der Waals surface area contributed by atoms with Gasteiger partial charge in [-0.25, -0.2) is 0 Å². The highest BCUT2D eigenvalue weighted by Crippen LogP contribution is 2.35. The van der Waals surface area contributed by atoms with E-state index in [0.29, 0.717) is 11.5 Å². The third-order valence-corrected chi connectivity index (χ3v) is 2.88. The van der Waals surface area contributed by atoms with E-state index in [1.807, 2.05) is 0 Å². The predicted molar refractivity (Wildman–Crippen MR) is 66.2 cm³/mol. The first-order chi connectivity index (χ1) is 10.4. The van der Waals surface area contributed by atoms with Crippen LogP contribution in [0.5, 0.6) is 11.5 Å². The summed E-state index contributed by atoms with van der Waals surface area (Å²) in [5.41, 5.74) is 0.248. The summed E-state index contributed by atoms with van der Waals surface area (Å²) in [5.74, 6) is -2.49.